The number of hydrogen-bond donors (Lipinski definition) is 1. The van der Waals surface area contributed by atoms with Crippen molar-refractivity contribution in [3.63, 3.8) is 0 Å². The number of nitrogens with zero attached hydrogens (tertiary/aromatic N) is 4. The molecule has 7 heteroatoms. The largest absolute Gasteiger partial charge is 0.496 e. The maximum atomic E-state index is 5.46. The Morgan fingerprint density at radius 3 is 2.83 bits per heavy atom. The zero-order valence-corrected chi connectivity index (χ0v) is 14.3. The molecule has 0 radical (unpaired) electrons. The van der Waals surface area contributed by atoms with E-state index >= 15 is 0 Å². The number of ether oxygens (including phenoxy) is 1. The Bertz CT molecular complexity index is 824. The van der Waals surface area contributed by atoms with E-state index in [2.05, 4.69) is 27.5 Å². The van der Waals surface area contributed by atoms with E-state index in [4.69, 9.17) is 9.26 Å². The van der Waals surface area contributed by atoms with Crippen molar-refractivity contribution in [1.82, 2.24) is 25.2 Å². The average molecular weight is 327 g/mol. The predicted octanol–water partition coefficient (Wildman–Crippen LogP) is 2.30. The third-order valence-corrected chi connectivity index (χ3v) is 3.87. The Hall–Kier alpha value is -2.67. The van der Waals surface area contributed by atoms with Gasteiger partial charge >= 0.3 is 0 Å². The summed E-state index contributed by atoms with van der Waals surface area (Å²) in [6, 6.07) is 8.02. The molecule has 0 saturated heterocycles. The minimum Gasteiger partial charge on any atom is -0.496 e. The zero-order valence-electron chi connectivity index (χ0n) is 14.3. The first-order valence-electron chi connectivity index (χ1n) is 7.79. The number of para-hydroxylation sites is 1. The van der Waals surface area contributed by atoms with Crippen LogP contribution in [0.3, 0.4) is 0 Å². The molecule has 24 heavy (non-hydrogen) atoms. The lowest BCUT2D eigenvalue weighted by Crippen LogP contribution is -2.24. The van der Waals surface area contributed by atoms with Gasteiger partial charge in [0.15, 0.2) is 5.82 Å². The van der Waals surface area contributed by atoms with Crippen molar-refractivity contribution in [3.05, 3.63) is 36.3 Å². The summed E-state index contributed by atoms with van der Waals surface area (Å²) in [4.78, 5) is 4.51. The summed E-state index contributed by atoms with van der Waals surface area (Å²) in [7, 11) is 5.42. The summed E-state index contributed by atoms with van der Waals surface area (Å²) < 4.78 is 12.6. The predicted molar refractivity (Wildman–Crippen MR) is 90.7 cm³/mol. The third kappa shape index (κ3) is 3.16. The summed E-state index contributed by atoms with van der Waals surface area (Å²) in [5.74, 6) is 1.88. The van der Waals surface area contributed by atoms with Gasteiger partial charge in [0, 0.05) is 31.3 Å². The normalized spacial score (nSPS) is 12.3. The number of methoxy groups -OCH3 is 1. The van der Waals surface area contributed by atoms with Gasteiger partial charge in [-0.05, 0) is 26.1 Å². The Labute approximate surface area is 140 Å². The van der Waals surface area contributed by atoms with Gasteiger partial charge in [-0.25, -0.2) is 0 Å². The van der Waals surface area contributed by atoms with E-state index in [9.17, 15) is 0 Å². The van der Waals surface area contributed by atoms with Crippen LogP contribution in [0.2, 0.25) is 0 Å². The van der Waals surface area contributed by atoms with Gasteiger partial charge in [0.25, 0.3) is 5.89 Å². The lowest BCUT2D eigenvalue weighted by molar-refractivity contribution is 0.415. The van der Waals surface area contributed by atoms with Crippen LogP contribution in [0.5, 0.6) is 5.75 Å². The summed E-state index contributed by atoms with van der Waals surface area (Å²) in [5.41, 5.74) is 2.43. The van der Waals surface area contributed by atoms with Crippen molar-refractivity contribution < 1.29 is 9.26 Å². The van der Waals surface area contributed by atoms with Crippen molar-refractivity contribution in [2.24, 2.45) is 7.05 Å². The van der Waals surface area contributed by atoms with Crippen molar-refractivity contribution >= 4 is 0 Å². The molecule has 2 heterocycles. The molecule has 0 aliphatic heterocycles. The molecule has 0 saturated carbocycles. The third-order valence-electron chi connectivity index (χ3n) is 3.87. The van der Waals surface area contributed by atoms with Crippen LogP contribution in [0.15, 0.2) is 35.0 Å². The smallest absolute Gasteiger partial charge is 0.261 e. The van der Waals surface area contributed by atoms with Gasteiger partial charge in [0.1, 0.15) is 11.4 Å². The second-order valence-corrected chi connectivity index (χ2v) is 5.67. The van der Waals surface area contributed by atoms with Crippen LogP contribution in [0.1, 0.15) is 12.7 Å². The lowest BCUT2D eigenvalue weighted by Gasteiger charge is -2.06. The minimum absolute atomic E-state index is 0.276. The fourth-order valence-corrected chi connectivity index (χ4v) is 2.51. The van der Waals surface area contributed by atoms with Gasteiger partial charge < -0.3 is 14.6 Å². The van der Waals surface area contributed by atoms with Crippen LogP contribution in [0.25, 0.3) is 22.7 Å². The molecule has 0 amide bonds. The number of aryl methyl sites for hydroxylation is 1. The highest BCUT2D eigenvalue weighted by Crippen LogP contribution is 2.35. The Morgan fingerprint density at radius 1 is 1.29 bits per heavy atom. The first-order valence-corrected chi connectivity index (χ1v) is 7.79. The van der Waals surface area contributed by atoms with Crippen molar-refractivity contribution in [2.75, 3.05) is 14.2 Å². The maximum Gasteiger partial charge on any atom is 0.261 e. The molecule has 0 bridgehead atoms. The van der Waals surface area contributed by atoms with Crippen LogP contribution in [-0.4, -0.2) is 40.1 Å². The van der Waals surface area contributed by atoms with Gasteiger partial charge in [-0.15, -0.1) is 0 Å². The molecule has 1 N–H and O–H groups in total. The van der Waals surface area contributed by atoms with Gasteiger partial charge in [0.2, 0.25) is 0 Å². The van der Waals surface area contributed by atoms with Crippen molar-refractivity contribution in [2.45, 2.75) is 19.4 Å². The maximum absolute atomic E-state index is 5.46. The fourth-order valence-electron chi connectivity index (χ4n) is 2.51. The van der Waals surface area contributed by atoms with E-state index in [0.29, 0.717) is 18.1 Å². The van der Waals surface area contributed by atoms with Crippen LogP contribution in [0.4, 0.5) is 0 Å². The van der Waals surface area contributed by atoms with E-state index in [0.717, 1.165) is 22.6 Å². The van der Waals surface area contributed by atoms with Crippen LogP contribution >= 0.6 is 0 Å². The highest BCUT2D eigenvalue weighted by Gasteiger charge is 2.20. The van der Waals surface area contributed by atoms with Crippen molar-refractivity contribution in [3.8, 4) is 28.5 Å². The molecule has 0 spiro atoms. The SMILES string of the molecule is CNC(C)Cc1noc(-c2cn(C)nc2-c2ccccc2OC)n1. The first-order chi connectivity index (χ1) is 11.6. The van der Waals surface area contributed by atoms with Gasteiger partial charge in [0.05, 0.1) is 12.7 Å². The van der Waals surface area contributed by atoms with Gasteiger partial charge in [-0.3, -0.25) is 4.68 Å². The number of rotatable bonds is 6. The summed E-state index contributed by atoms with van der Waals surface area (Å²) in [6.45, 7) is 2.07. The van der Waals surface area contributed by atoms with E-state index in [1.165, 1.54) is 0 Å². The first kappa shape index (κ1) is 16.2. The quantitative estimate of drug-likeness (QED) is 0.748. The monoisotopic (exact) mass is 327 g/mol. The average Bonchev–Trinajstić information content (AvgIpc) is 3.21. The van der Waals surface area contributed by atoms with E-state index in [1.807, 2.05) is 44.6 Å². The fraction of sp³-hybridized carbons (Fsp3) is 0.353. The van der Waals surface area contributed by atoms with Crippen molar-refractivity contribution in [1.29, 1.82) is 0 Å². The topological polar surface area (TPSA) is 78.0 Å². The van der Waals surface area contributed by atoms with Gasteiger partial charge in [-0.1, -0.05) is 17.3 Å². The molecule has 2 aromatic heterocycles. The number of nitrogens with one attached hydrogen (secondary N) is 1. The Balaban J connectivity index is 2.01. The number of aromatic nitrogens is 4. The molecule has 1 unspecified atom stereocenters. The second kappa shape index (κ2) is 6.84. The molecule has 3 aromatic rings. The van der Waals surface area contributed by atoms with Gasteiger partial charge in [-0.2, -0.15) is 10.1 Å². The van der Waals surface area contributed by atoms with E-state index in [-0.39, 0.29) is 6.04 Å². The summed E-state index contributed by atoms with van der Waals surface area (Å²) in [6.07, 6.45) is 2.57. The highest BCUT2D eigenvalue weighted by atomic mass is 16.5. The molecule has 0 fully saturated rings. The summed E-state index contributed by atoms with van der Waals surface area (Å²) in [5, 5.41) is 11.8. The molecule has 1 atom stereocenters. The summed E-state index contributed by atoms with van der Waals surface area (Å²) >= 11 is 0. The van der Waals surface area contributed by atoms with E-state index in [1.54, 1.807) is 11.8 Å². The number of likely N-dealkylation sites (N-methyl/N-ethyl adjacent to an activating group) is 1. The van der Waals surface area contributed by atoms with Crippen LogP contribution in [0, 0.1) is 0 Å². The molecular weight excluding hydrogens is 306 g/mol. The number of hydrogen-bond acceptors (Lipinski definition) is 6. The molecule has 0 aliphatic rings. The zero-order chi connectivity index (χ0) is 17.1. The van der Waals surface area contributed by atoms with Crippen LogP contribution < -0.4 is 10.1 Å². The Kier molecular flexibility index (Phi) is 4.61. The second-order valence-electron chi connectivity index (χ2n) is 5.67. The molecule has 1 aromatic carbocycles. The molecule has 7 nitrogen and oxygen atoms in total. The minimum atomic E-state index is 0.276. The lowest BCUT2D eigenvalue weighted by atomic mass is 10.1. The van der Waals surface area contributed by atoms with E-state index < -0.39 is 0 Å². The highest BCUT2D eigenvalue weighted by molar-refractivity contribution is 5.79. The molecular formula is C17H21N5O2. The number of benzene rings is 1. The standard InChI is InChI=1S/C17H21N5O2/c1-11(18-2)9-15-19-17(24-21-15)13-10-22(3)20-16(13)12-7-5-6-8-14(12)23-4/h5-8,10-11,18H,9H2,1-4H3. The molecule has 126 valence electrons. The van der Waals surface area contributed by atoms with Crippen LogP contribution in [-0.2, 0) is 13.5 Å². The molecule has 3 rings (SSSR count). The Morgan fingerprint density at radius 2 is 2.08 bits per heavy atom. The molecule has 0 aliphatic carbocycles.